The fourth-order valence-corrected chi connectivity index (χ4v) is 2.93. The van der Waals surface area contributed by atoms with Crippen LogP contribution >= 0.6 is 11.6 Å². The van der Waals surface area contributed by atoms with Gasteiger partial charge in [0.05, 0.1) is 10.5 Å². The van der Waals surface area contributed by atoms with Crippen molar-refractivity contribution >= 4 is 34.1 Å². The van der Waals surface area contributed by atoms with Gasteiger partial charge >= 0.3 is 0 Å². The molecule has 0 aliphatic heterocycles. The average molecular weight is 368 g/mol. The lowest BCUT2D eigenvalue weighted by Gasteiger charge is -2.12. The van der Waals surface area contributed by atoms with Crippen molar-refractivity contribution < 1.29 is 4.39 Å². The van der Waals surface area contributed by atoms with Crippen LogP contribution in [0.3, 0.4) is 0 Å². The van der Waals surface area contributed by atoms with Crippen LogP contribution < -0.4 is 5.32 Å². The van der Waals surface area contributed by atoms with Gasteiger partial charge in [0.25, 0.3) is 0 Å². The third kappa shape index (κ3) is 2.88. The van der Waals surface area contributed by atoms with Crippen LogP contribution in [0.25, 0.3) is 22.3 Å². The second-order valence-electron chi connectivity index (χ2n) is 5.97. The van der Waals surface area contributed by atoms with E-state index in [0.29, 0.717) is 27.9 Å². The standard InChI is InChI=1S/C19H15ClFN5/c1-10-11(2)22-18(13-5-3-4-6-15(13)20)23-17(10)24-19-14-9-12(21)7-8-16(14)25-26-19/h3-9H,1-2H3,(H2,22,23,24,25,26). The van der Waals surface area contributed by atoms with Gasteiger partial charge in [0.15, 0.2) is 11.6 Å². The van der Waals surface area contributed by atoms with Crippen molar-refractivity contribution in [3.63, 3.8) is 0 Å². The molecule has 130 valence electrons. The van der Waals surface area contributed by atoms with Gasteiger partial charge in [-0.3, -0.25) is 5.10 Å². The highest BCUT2D eigenvalue weighted by Gasteiger charge is 2.14. The molecule has 0 aliphatic carbocycles. The Morgan fingerprint density at radius 2 is 1.85 bits per heavy atom. The molecule has 0 spiro atoms. The lowest BCUT2D eigenvalue weighted by Crippen LogP contribution is -2.03. The van der Waals surface area contributed by atoms with Crippen LogP contribution in [0.15, 0.2) is 42.5 Å². The van der Waals surface area contributed by atoms with E-state index >= 15 is 0 Å². The topological polar surface area (TPSA) is 66.5 Å². The van der Waals surface area contributed by atoms with Gasteiger partial charge in [-0.2, -0.15) is 5.10 Å². The van der Waals surface area contributed by atoms with Crippen LogP contribution in [-0.2, 0) is 0 Å². The first-order valence-electron chi connectivity index (χ1n) is 8.03. The van der Waals surface area contributed by atoms with Crippen molar-refractivity contribution in [1.29, 1.82) is 0 Å². The molecule has 0 bridgehead atoms. The van der Waals surface area contributed by atoms with Gasteiger partial charge in [0, 0.05) is 22.2 Å². The van der Waals surface area contributed by atoms with Crippen LogP contribution in [0.4, 0.5) is 16.0 Å². The first-order chi connectivity index (χ1) is 12.5. The summed E-state index contributed by atoms with van der Waals surface area (Å²) in [6.45, 7) is 3.83. The van der Waals surface area contributed by atoms with E-state index in [4.69, 9.17) is 11.6 Å². The molecular weight excluding hydrogens is 353 g/mol. The molecule has 0 amide bonds. The SMILES string of the molecule is Cc1nc(-c2ccccc2Cl)nc(Nc2n[nH]c3ccc(F)cc23)c1C. The Labute approximate surface area is 154 Å². The molecule has 4 aromatic rings. The van der Waals surface area contributed by atoms with Gasteiger partial charge in [-0.05, 0) is 44.2 Å². The summed E-state index contributed by atoms with van der Waals surface area (Å²) in [6, 6.07) is 11.9. The smallest absolute Gasteiger partial charge is 0.163 e. The summed E-state index contributed by atoms with van der Waals surface area (Å²) in [5.74, 6) is 1.30. The zero-order valence-electron chi connectivity index (χ0n) is 14.1. The number of anilines is 2. The molecule has 0 radical (unpaired) electrons. The summed E-state index contributed by atoms with van der Waals surface area (Å²) >= 11 is 6.28. The molecule has 7 heteroatoms. The molecule has 0 aliphatic rings. The van der Waals surface area contributed by atoms with Gasteiger partial charge in [0.1, 0.15) is 11.6 Å². The Morgan fingerprint density at radius 1 is 1.04 bits per heavy atom. The molecule has 2 aromatic heterocycles. The zero-order valence-corrected chi connectivity index (χ0v) is 14.9. The summed E-state index contributed by atoms with van der Waals surface area (Å²) in [6.07, 6.45) is 0. The highest BCUT2D eigenvalue weighted by Crippen LogP contribution is 2.30. The Bertz CT molecular complexity index is 1120. The number of hydrogen-bond acceptors (Lipinski definition) is 4. The minimum Gasteiger partial charge on any atom is -0.323 e. The second-order valence-corrected chi connectivity index (χ2v) is 6.38. The monoisotopic (exact) mass is 367 g/mol. The van der Waals surface area contributed by atoms with Crippen molar-refractivity contribution in [2.45, 2.75) is 13.8 Å². The maximum atomic E-state index is 13.6. The van der Waals surface area contributed by atoms with E-state index in [0.717, 1.165) is 22.3 Å². The summed E-state index contributed by atoms with van der Waals surface area (Å²) in [5, 5.41) is 11.5. The Balaban J connectivity index is 1.81. The summed E-state index contributed by atoms with van der Waals surface area (Å²) in [7, 11) is 0. The molecule has 2 N–H and O–H groups in total. The summed E-state index contributed by atoms with van der Waals surface area (Å²) in [5.41, 5.74) is 3.19. The number of hydrogen-bond donors (Lipinski definition) is 2. The average Bonchev–Trinajstić information content (AvgIpc) is 3.01. The van der Waals surface area contributed by atoms with Crippen molar-refractivity contribution in [3.05, 3.63) is 64.6 Å². The van der Waals surface area contributed by atoms with Crippen LogP contribution in [0.2, 0.25) is 5.02 Å². The minimum atomic E-state index is -0.325. The number of benzene rings is 2. The third-order valence-electron chi connectivity index (χ3n) is 4.27. The zero-order chi connectivity index (χ0) is 18.3. The van der Waals surface area contributed by atoms with Crippen LogP contribution in [0.5, 0.6) is 0 Å². The number of aromatic amines is 1. The number of rotatable bonds is 3. The predicted octanol–water partition coefficient (Wildman–Crippen LogP) is 5.17. The molecule has 26 heavy (non-hydrogen) atoms. The molecule has 2 aromatic carbocycles. The normalized spacial score (nSPS) is 11.1. The Hall–Kier alpha value is -2.99. The molecule has 5 nitrogen and oxygen atoms in total. The molecule has 0 atom stereocenters. The molecular formula is C19H15ClFN5. The van der Waals surface area contributed by atoms with Crippen molar-refractivity contribution in [2.75, 3.05) is 5.32 Å². The highest BCUT2D eigenvalue weighted by molar-refractivity contribution is 6.33. The molecule has 0 saturated carbocycles. The van der Waals surface area contributed by atoms with E-state index in [9.17, 15) is 4.39 Å². The number of fused-ring (bicyclic) bond motifs is 1. The van der Waals surface area contributed by atoms with Gasteiger partial charge in [-0.25, -0.2) is 14.4 Å². The molecule has 0 fully saturated rings. The van der Waals surface area contributed by atoms with Gasteiger partial charge in [-0.15, -0.1) is 0 Å². The number of aromatic nitrogens is 4. The minimum absolute atomic E-state index is 0.325. The highest BCUT2D eigenvalue weighted by atomic mass is 35.5. The van der Waals surface area contributed by atoms with E-state index in [1.54, 1.807) is 12.1 Å². The third-order valence-corrected chi connectivity index (χ3v) is 4.60. The van der Waals surface area contributed by atoms with Crippen molar-refractivity contribution in [1.82, 2.24) is 20.2 Å². The fourth-order valence-electron chi connectivity index (χ4n) is 2.71. The Morgan fingerprint density at radius 3 is 2.65 bits per heavy atom. The Kier molecular flexibility index (Phi) is 4.05. The maximum Gasteiger partial charge on any atom is 0.163 e. The number of halogens is 2. The van der Waals surface area contributed by atoms with Gasteiger partial charge in [0.2, 0.25) is 0 Å². The van der Waals surface area contributed by atoms with E-state index in [2.05, 4.69) is 25.5 Å². The lowest BCUT2D eigenvalue weighted by molar-refractivity contribution is 0.630. The van der Waals surface area contributed by atoms with E-state index in [-0.39, 0.29) is 5.82 Å². The molecule has 0 saturated heterocycles. The largest absolute Gasteiger partial charge is 0.323 e. The second kappa shape index (κ2) is 6.38. The first-order valence-corrected chi connectivity index (χ1v) is 8.41. The van der Waals surface area contributed by atoms with E-state index in [1.807, 2.05) is 32.0 Å². The van der Waals surface area contributed by atoms with Crippen molar-refractivity contribution in [3.8, 4) is 11.4 Å². The molecule has 0 unspecified atom stereocenters. The first kappa shape index (κ1) is 16.5. The van der Waals surface area contributed by atoms with E-state index < -0.39 is 0 Å². The van der Waals surface area contributed by atoms with Crippen LogP contribution in [0, 0.1) is 19.7 Å². The molecule has 4 rings (SSSR count). The van der Waals surface area contributed by atoms with Crippen LogP contribution in [-0.4, -0.2) is 20.2 Å². The van der Waals surface area contributed by atoms with Gasteiger partial charge in [-0.1, -0.05) is 23.7 Å². The van der Waals surface area contributed by atoms with Crippen LogP contribution in [0.1, 0.15) is 11.3 Å². The summed E-state index contributed by atoms with van der Waals surface area (Å²) in [4.78, 5) is 9.16. The number of aryl methyl sites for hydroxylation is 1. The maximum absolute atomic E-state index is 13.6. The lowest BCUT2D eigenvalue weighted by atomic mass is 10.2. The summed E-state index contributed by atoms with van der Waals surface area (Å²) < 4.78 is 13.6. The quantitative estimate of drug-likeness (QED) is 0.524. The molecule has 2 heterocycles. The predicted molar refractivity (Wildman–Crippen MR) is 101 cm³/mol. The fraction of sp³-hybridized carbons (Fsp3) is 0.105. The van der Waals surface area contributed by atoms with Crippen molar-refractivity contribution in [2.24, 2.45) is 0 Å². The number of nitrogens with zero attached hydrogens (tertiary/aromatic N) is 3. The van der Waals surface area contributed by atoms with Gasteiger partial charge < -0.3 is 5.32 Å². The van der Waals surface area contributed by atoms with E-state index in [1.165, 1.54) is 12.1 Å². The number of nitrogens with one attached hydrogen (secondary N) is 2. The number of H-pyrrole nitrogens is 1.